The molecule has 21 heavy (non-hydrogen) atoms. The average Bonchev–Trinajstić information content (AvgIpc) is 2.91. The van der Waals surface area contributed by atoms with Crippen molar-refractivity contribution in [3.63, 3.8) is 0 Å². The highest BCUT2D eigenvalue weighted by Crippen LogP contribution is 2.49. The molecule has 2 aliphatic rings. The highest BCUT2D eigenvalue weighted by Gasteiger charge is 2.54. The first-order valence-corrected chi connectivity index (χ1v) is 7.28. The van der Waals surface area contributed by atoms with E-state index in [-0.39, 0.29) is 11.6 Å². The quantitative estimate of drug-likeness (QED) is 0.804. The van der Waals surface area contributed by atoms with Gasteiger partial charge in [0.1, 0.15) is 11.1 Å². The number of rotatable bonds is 3. The summed E-state index contributed by atoms with van der Waals surface area (Å²) in [6, 6.07) is 5.37. The fourth-order valence-electron chi connectivity index (χ4n) is 3.08. The molecular formula is C15H17N3O3. The Hall–Kier alpha value is -1.95. The molecule has 2 heterocycles. The molecule has 0 spiro atoms. The lowest BCUT2D eigenvalue weighted by Crippen LogP contribution is -2.29. The highest BCUT2D eigenvalue weighted by atomic mass is 16.6. The number of carbonyl (C=O) groups is 1. The molecule has 6 nitrogen and oxygen atoms in total. The predicted molar refractivity (Wildman–Crippen MR) is 74.8 cm³/mol. The van der Waals surface area contributed by atoms with Crippen molar-refractivity contribution in [1.82, 2.24) is 15.0 Å². The van der Waals surface area contributed by atoms with Crippen LogP contribution in [0.15, 0.2) is 18.2 Å². The Kier molecular flexibility index (Phi) is 2.75. The van der Waals surface area contributed by atoms with Gasteiger partial charge in [0, 0.05) is 19.6 Å². The van der Waals surface area contributed by atoms with Crippen LogP contribution in [-0.2, 0) is 16.5 Å². The van der Waals surface area contributed by atoms with Crippen LogP contribution in [-0.4, -0.2) is 39.8 Å². The van der Waals surface area contributed by atoms with Crippen molar-refractivity contribution in [1.29, 1.82) is 0 Å². The van der Waals surface area contributed by atoms with Crippen LogP contribution in [0.4, 0.5) is 0 Å². The van der Waals surface area contributed by atoms with Gasteiger partial charge in [-0.25, -0.2) is 9.48 Å². The Morgan fingerprint density at radius 3 is 3.05 bits per heavy atom. The van der Waals surface area contributed by atoms with Gasteiger partial charge in [0.2, 0.25) is 0 Å². The molecule has 0 amide bonds. The van der Waals surface area contributed by atoms with Crippen molar-refractivity contribution in [2.75, 3.05) is 13.2 Å². The van der Waals surface area contributed by atoms with E-state index in [1.165, 1.54) is 0 Å². The van der Waals surface area contributed by atoms with E-state index < -0.39 is 0 Å². The van der Waals surface area contributed by atoms with E-state index in [1.807, 2.05) is 13.1 Å². The van der Waals surface area contributed by atoms with Crippen LogP contribution in [0.1, 0.15) is 29.6 Å². The Morgan fingerprint density at radius 2 is 2.33 bits per heavy atom. The van der Waals surface area contributed by atoms with Gasteiger partial charge in [0.25, 0.3) is 0 Å². The Bertz CT molecular complexity index is 699. The average molecular weight is 287 g/mol. The molecule has 1 aromatic heterocycles. The summed E-state index contributed by atoms with van der Waals surface area (Å²) >= 11 is 0. The second-order valence-corrected chi connectivity index (χ2v) is 5.93. The second kappa shape index (κ2) is 4.53. The maximum atomic E-state index is 12.4. The van der Waals surface area contributed by atoms with Crippen molar-refractivity contribution < 1.29 is 14.3 Å². The zero-order chi connectivity index (χ0) is 14.4. The van der Waals surface area contributed by atoms with E-state index in [0.29, 0.717) is 23.6 Å². The summed E-state index contributed by atoms with van der Waals surface area (Å²) < 4.78 is 12.9. The molecule has 1 saturated heterocycles. The third kappa shape index (κ3) is 2.10. The fourth-order valence-corrected chi connectivity index (χ4v) is 3.08. The normalized spacial score (nSPS) is 23.4. The molecule has 0 unspecified atom stereocenters. The Labute approximate surface area is 122 Å². The van der Waals surface area contributed by atoms with E-state index in [1.54, 1.807) is 16.8 Å². The SMILES string of the molecule is Cn1nnc2cc(C(=O)OC3([C@@H]4CCOC4)CC3)ccc21. The molecule has 6 heteroatoms. The molecule has 1 aliphatic carbocycles. The first-order chi connectivity index (χ1) is 10.2. The molecule has 0 N–H and O–H groups in total. The zero-order valence-electron chi connectivity index (χ0n) is 11.9. The molecule has 1 aliphatic heterocycles. The number of nitrogens with zero attached hydrogens (tertiary/aromatic N) is 3. The number of aromatic nitrogens is 3. The van der Waals surface area contributed by atoms with Crippen LogP contribution in [0.2, 0.25) is 0 Å². The number of hydrogen-bond acceptors (Lipinski definition) is 5. The number of aryl methyl sites for hydroxylation is 1. The van der Waals surface area contributed by atoms with Gasteiger partial charge in [-0.3, -0.25) is 0 Å². The number of ether oxygens (including phenoxy) is 2. The molecule has 0 bridgehead atoms. The monoisotopic (exact) mass is 287 g/mol. The summed E-state index contributed by atoms with van der Waals surface area (Å²) in [7, 11) is 1.83. The first kappa shape index (κ1) is 12.8. The Morgan fingerprint density at radius 1 is 1.48 bits per heavy atom. The van der Waals surface area contributed by atoms with Crippen LogP contribution >= 0.6 is 0 Å². The van der Waals surface area contributed by atoms with E-state index >= 15 is 0 Å². The molecule has 110 valence electrons. The third-order valence-corrected chi connectivity index (χ3v) is 4.56. The van der Waals surface area contributed by atoms with Crippen molar-refractivity contribution in [2.45, 2.75) is 24.9 Å². The maximum Gasteiger partial charge on any atom is 0.338 e. The molecule has 2 fully saturated rings. The maximum absolute atomic E-state index is 12.4. The lowest BCUT2D eigenvalue weighted by atomic mass is 9.99. The van der Waals surface area contributed by atoms with Crippen LogP contribution in [0.5, 0.6) is 0 Å². The second-order valence-electron chi connectivity index (χ2n) is 5.93. The van der Waals surface area contributed by atoms with E-state index in [9.17, 15) is 4.79 Å². The van der Waals surface area contributed by atoms with Crippen molar-refractivity contribution in [2.24, 2.45) is 13.0 Å². The van der Waals surface area contributed by atoms with Gasteiger partial charge in [-0.2, -0.15) is 0 Å². The molecule has 1 saturated carbocycles. The third-order valence-electron chi connectivity index (χ3n) is 4.56. The number of benzene rings is 1. The van der Waals surface area contributed by atoms with Gasteiger partial charge in [-0.05, 0) is 37.5 Å². The van der Waals surface area contributed by atoms with Gasteiger partial charge >= 0.3 is 5.97 Å². The summed E-state index contributed by atoms with van der Waals surface area (Å²) in [5.74, 6) is 0.0775. The summed E-state index contributed by atoms with van der Waals surface area (Å²) in [4.78, 5) is 12.4. The summed E-state index contributed by atoms with van der Waals surface area (Å²) in [5.41, 5.74) is 1.86. The predicted octanol–water partition coefficient (Wildman–Crippen LogP) is 1.69. The number of hydrogen-bond donors (Lipinski definition) is 0. The zero-order valence-corrected chi connectivity index (χ0v) is 11.9. The van der Waals surface area contributed by atoms with E-state index in [2.05, 4.69) is 10.3 Å². The topological polar surface area (TPSA) is 66.2 Å². The molecule has 1 aromatic carbocycles. The molecule has 4 rings (SSSR count). The molecule has 2 aromatic rings. The number of carbonyl (C=O) groups excluding carboxylic acids is 1. The van der Waals surface area contributed by atoms with Gasteiger partial charge in [-0.1, -0.05) is 5.21 Å². The first-order valence-electron chi connectivity index (χ1n) is 7.28. The van der Waals surface area contributed by atoms with Crippen LogP contribution in [0.25, 0.3) is 11.0 Å². The summed E-state index contributed by atoms with van der Waals surface area (Å²) in [5, 5.41) is 7.98. The summed E-state index contributed by atoms with van der Waals surface area (Å²) in [6.07, 6.45) is 2.87. The number of esters is 1. The highest BCUT2D eigenvalue weighted by molar-refractivity contribution is 5.93. The molecule has 0 radical (unpaired) electrons. The summed E-state index contributed by atoms with van der Waals surface area (Å²) in [6.45, 7) is 1.48. The van der Waals surface area contributed by atoms with Crippen LogP contribution in [0.3, 0.4) is 0 Å². The largest absolute Gasteiger partial charge is 0.455 e. The Balaban J connectivity index is 1.56. The number of fused-ring (bicyclic) bond motifs is 1. The van der Waals surface area contributed by atoms with Crippen molar-refractivity contribution in [3.8, 4) is 0 Å². The minimum absolute atomic E-state index is 0.271. The van der Waals surface area contributed by atoms with Gasteiger partial charge in [0.05, 0.1) is 17.7 Å². The molecule has 1 atom stereocenters. The van der Waals surface area contributed by atoms with Gasteiger partial charge in [0.15, 0.2) is 0 Å². The van der Waals surface area contributed by atoms with Crippen molar-refractivity contribution >= 4 is 17.0 Å². The standard InChI is InChI=1S/C15H17N3O3/c1-18-13-3-2-10(8-12(13)16-17-18)14(19)21-15(5-6-15)11-4-7-20-9-11/h2-3,8,11H,4-7,9H2,1H3/t11-/m1/s1. The van der Waals surface area contributed by atoms with E-state index in [0.717, 1.165) is 31.4 Å². The lowest BCUT2D eigenvalue weighted by Gasteiger charge is -2.22. The smallest absolute Gasteiger partial charge is 0.338 e. The van der Waals surface area contributed by atoms with Gasteiger partial charge < -0.3 is 9.47 Å². The van der Waals surface area contributed by atoms with Crippen molar-refractivity contribution in [3.05, 3.63) is 23.8 Å². The van der Waals surface area contributed by atoms with Gasteiger partial charge in [-0.15, -0.1) is 5.10 Å². The minimum atomic E-state index is -0.287. The molecular weight excluding hydrogens is 270 g/mol. The lowest BCUT2D eigenvalue weighted by molar-refractivity contribution is 0.000850. The van der Waals surface area contributed by atoms with Crippen LogP contribution < -0.4 is 0 Å². The van der Waals surface area contributed by atoms with Crippen LogP contribution in [0, 0.1) is 5.92 Å². The van der Waals surface area contributed by atoms with E-state index in [4.69, 9.17) is 9.47 Å². The fraction of sp³-hybridized carbons (Fsp3) is 0.533. The minimum Gasteiger partial charge on any atom is -0.455 e.